The number of carbonyl (C=O) groups excluding carboxylic acids is 1. The number of likely N-dealkylation sites (N-methyl/N-ethyl adjacent to an activating group) is 1. The summed E-state index contributed by atoms with van der Waals surface area (Å²) in [4.78, 5) is 25.2. The largest absolute Gasteiger partial charge is 0.756 e. The number of quaternary nitrogens is 1. The van der Waals surface area contributed by atoms with E-state index < -0.39 is 26.6 Å². The van der Waals surface area contributed by atoms with E-state index in [1.807, 2.05) is 27.2 Å². The van der Waals surface area contributed by atoms with Gasteiger partial charge in [-0.1, -0.05) is 205 Å². The number of phosphoric acid groups is 1. The van der Waals surface area contributed by atoms with Crippen LogP contribution in [-0.2, 0) is 18.4 Å². The summed E-state index contributed by atoms with van der Waals surface area (Å²) in [5.41, 5.74) is 0. The quantitative estimate of drug-likeness (QED) is 0.0272. The van der Waals surface area contributed by atoms with E-state index in [1.54, 1.807) is 6.08 Å². The first-order valence-corrected chi connectivity index (χ1v) is 27.7. The molecule has 0 aromatic carbocycles. The molecule has 0 bridgehead atoms. The van der Waals surface area contributed by atoms with Crippen LogP contribution < -0.4 is 10.2 Å². The van der Waals surface area contributed by atoms with Gasteiger partial charge in [0.05, 0.1) is 39.9 Å². The maximum absolute atomic E-state index is 12.8. The van der Waals surface area contributed by atoms with Crippen LogP contribution in [0.15, 0.2) is 146 Å². The van der Waals surface area contributed by atoms with Crippen molar-refractivity contribution in [2.45, 2.75) is 180 Å². The van der Waals surface area contributed by atoms with E-state index in [-0.39, 0.29) is 12.5 Å². The zero-order valence-electron chi connectivity index (χ0n) is 43.5. The van der Waals surface area contributed by atoms with E-state index in [9.17, 15) is 19.4 Å². The normalized spacial score (nSPS) is 15.2. The van der Waals surface area contributed by atoms with Gasteiger partial charge >= 0.3 is 0 Å². The highest BCUT2D eigenvalue weighted by molar-refractivity contribution is 7.45. The number of nitrogens with one attached hydrogen (secondary N) is 1. The second-order valence-electron chi connectivity index (χ2n) is 18.1. The van der Waals surface area contributed by atoms with Crippen LogP contribution in [0.5, 0.6) is 0 Å². The number of hydrogen-bond acceptors (Lipinski definition) is 6. The molecule has 0 aliphatic rings. The minimum atomic E-state index is -4.60. The molecular weight excluding hydrogens is 864 g/mol. The zero-order valence-corrected chi connectivity index (χ0v) is 44.4. The molecule has 0 aliphatic carbocycles. The van der Waals surface area contributed by atoms with Crippen LogP contribution in [0.4, 0.5) is 0 Å². The third-order valence-electron chi connectivity index (χ3n) is 10.5. The van der Waals surface area contributed by atoms with Gasteiger partial charge in [-0.25, -0.2) is 0 Å². The molecule has 68 heavy (non-hydrogen) atoms. The highest BCUT2D eigenvalue weighted by atomic mass is 31.2. The minimum absolute atomic E-state index is 0.0164. The third-order valence-corrected chi connectivity index (χ3v) is 11.5. The second kappa shape index (κ2) is 48.4. The molecule has 0 heterocycles. The first-order valence-electron chi connectivity index (χ1n) is 26.2. The van der Waals surface area contributed by atoms with Crippen LogP contribution in [0.1, 0.15) is 168 Å². The van der Waals surface area contributed by atoms with E-state index in [0.29, 0.717) is 17.4 Å². The van der Waals surface area contributed by atoms with Crippen LogP contribution in [0.3, 0.4) is 0 Å². The molecule has 0 fully saturated rings. The van der Waals surface area contributed by atoms with E-state index >= 15 is 0 Å². The summed E-state index contributed by atoms with van der Waals surface area (Å²) >= 11 is 0. The molecule has 0 aliphatic heterocycles. The number of aliphatic hydroxyl groups is 1. The molecule has 8 nitrogen and oxygen atoms in total. The van der Waals surface area contributed by atoms with Gasteiger partial charge in [-0.15, -0.1) is 0 Å². The predicted molar refractivity (Wildman–Crippen MR) is 292 cm³/mol. The van der Waals surface area contributed by atoms with Crippen molar-refractivity contribution in [3.63, 3.8) is 0 Å². The fourth-order valence-electron chi connectivity index (χ4n) is 6.44. The van der Waals surface area contributed by atoms with Crippen molar-refractivity contribution in [3.05, 3.63) is 146 Å². The van der Waals surface area contributed by atoms with Crippen LogP contribution in [-0.4, -0.2) is 68.5 Å². The van der Waals surface area contributed by atoms with Gasteiger partial charge in [0.1, 0.15) is 13.2 Å². The Bertz CT molecular complexity index is 1610. The molecule has 0 aromatic rings. The van der Waals surface area contributed by atoms with Crippen molar-refractivity contribution in [2.75, 3.05) is 40.9 Å². The molecule has 0 saturated carbocycles. The summed E-state index contributed by atoms with van der Waals surface area (Å²) < 4.78 is 23.1. The maximum Gasteiger partial charge on any atom is 0.268 e. The average Bonchev–Trinajstić information content (AvgIpc) is 3.30. The summed E-state index contributed by atoms with van der Waals surface area (Å²) in [6.07, 6.45) is 75.3. The van der Waals surface area contributed by atoms with Crippen molar-refractivity contribution >= 4 is 13.7 Å². The number of hydrogen-bond donors (Lipinski definition) is 2. The second-order valence-corrected chi connectivity index (χ2v) is 19.5. The molecule has 384 valence electrons. The molecule has 0 saturated heterocycles. The van der Waals surface area contributed by atoms with E-state index in [0.717, 1.165) is 122 Å². The first-order chi connectivity index (χ1) is 33.0. The predicted octanol–water partition coefficient (Wildman–Crippen LogP) is 15.1. The van der Waals surface area contributed by atoms with Gasteiger partial charge in [-0.2, -0.15) is 0 Å². The van der Waals surface area contributed by atoms with Gasteiger partial charge in [0.15, 0.2) is 0 Å². The Balaban J connectivity index is 4.04. The monoisotopic (exact) mass is 961 g/mol. The molecular formula is C59H97N2O6P. The molecule has 9 heteroatoms. The molecule has 1 amide bonds. The Morgan fingerprint density at radius 3 is 1.35 bits per heavy atom. The van der Waals surface area contributed by atoms with Crippen LogP contribution in [0.25, 0.3) is 0 Å². The Hall–Kier alpha value is -3.62. The number of rotatable bonds is 45. The summed E-state index contributed by atoms with van der Waals surface area (Å²) in [5, 5.41) is 13.6. The van der Waals surface area contributed by atoms with Gasteiger partial charge < -0.3 is 28.8 Å². The number of nitrogens with zero attached hydrogens (tertiary/aromatic N) is 1. The molecule has 3 unspecified atom stereocenters. The third kappa shape index (κ3) is 50.3. The molecule has 0 aromatic heterocycles. The van der Waals surface area contributed by atoms with Crippen molar-refractivity contribution < 1.29 is 32.9 Å². The van der Waals surface area contributed by atoms with Gasteiger partial charge in [0.25, 0.3) is 7.82 Å². The molecule has 0 rings (SSSR count). The number of aliphatic hydroxyl groups excluding tert-OH is 1. The number of carbonyl (C=O) groups is 1. The summed E-state index contributed by atoms with van der Waals surface area (Å²) in [5.74, 6) is -0.229. The molecule has 2 N–H and O–H groups in total. The summed E-state index contributed by atoms with van der Waals surface area (Å²) in [6, 6.07) is -0.915. The highest BCUT2D eigenvalue weighted by Gasteiger charge is 2.23. The van der Waals surface area contributed by atoms with E-state index in [1.165, 1.54) is 25.7 Å². The average molecular weight is 961 g/mol. The lowest BCUT2D eigenvalue weighted by molar-refractivity contribution is -0.870. The smallest absolute Gasteiger partial charge is 0.268 e. The Kier molecular flexibility index (Phi) is 45.8. The fraction of sp³-hybridized carbons (Fsp3) is 0.576. The van der Waals surface area contributed by atoms with Crippen LogP contribution in [0, 0.1) is 0 Å². The maximum atomic E-state index is 12.8. The molecule has 3 atom stereocenters. The van der Waals surface area contributed by atoms with Crippen molar-refractivity contribution in [1.82, 2.24) is 5.32 Å². The summed E-state index contributed by atoms with van der Waals surface area (Å²) in [6.45, 7) is 4.35. The van der Waals surface area contributed by atoms with Gasteiger partial charge in [0, 0.05) is 6.42 Å². The standard InChI is InChI=1S/C59H97N2O6P/c1-6-8-10-12-14-15-16-17-18-19-20-21-22-23-24-25-26-27-28-29-30-31-32-33-34-35-36-37-38-39-40-41-42-43-44-45-47-49-51-53-59(63)60-57(58(62)52-50-48-46-13-11-9-7-2)56-67-68(64,65)66-55-54-61(3,4)5/h8,10-11,13-15,17-18,20-21,23-24,26-27,29-30,32-33,35-36,38-39,50,52,57-58,62H,6-7,9,12,16,19,22,25,28,31,34,37,40-49,51,53-56H2,1-5H3,(H-,60,63,64,65)/b10-8-,13-11+,15-14-,18-17-,21-20-,24-23-,27-26-,30-29-,33-32-,36-35-,39-38-,52-50+. The van der Waals surface area contributed by atoms with E-state index in [2.05, 4.69) is 153 Å². The molecule has 0 radical (unpaired) electrons. The number of unbranched alkanes of at least 4 members (excludes halogenated alkanes) is 10. The summed E-state index contributed by atoms with van der Waals surface area (Å²) in [7, 11) is 1.21. The van der Waals surface area contributed by atoms with Crippen molar-refractivity contribution in [3.8, 4) is 0 Å². The van der Waals surface area contributed by atoms with E-state index in [4.69, 9.17) is 9.05 Å². The van der Waals surface area contributed by atoms with Gasteiger partial charge in [-0.3, -0.25) is 9.36 Å². The van der Waals surface area contributed by atoms with Crippen molar-refractivity contribution in [1.29, 1.82) is 0 Å². The van der Waals surface area contributed by atoms with Crippen LogP contribution in [0.2, 0.25) is 0 Å². The lowest BCUT2D eigenvalue weighted by atomic mass is 10.1. The topological polar surface area (TPSA) is 108 Å². The number of amides is 1. The Morgan fingerprint density at radius 1 is 0.529 bits per heavy atom. The van der Waals surface area contributed by atoms with Crippen molar-refractivity contribution in [2.24, 2.45) is 0 Å². The SMILES string of the molecule is CC/C=C\C/C=C\C/C=C\C/C=C\C/C=C\C/C=C\C/C=C\C/C=C\C/C=C\C/C=C\CCCCCCCCCCC(=O)NC(COP(=O)([O-])OCC[N+](C)(C)C)C(O)/C=C/CC/C=C/CCC. The molecule has 0 spiro atoms. The Labute approximate surface area is 417 Å². The highest BCUT2D eigenvalue weighted by Crippen LogP contribution is 2.38. The first kappa shape index (κ1) is 64.4. The van der Waals surface area contributed by atoms with Gasteiger partial charge in [-0.05, 0) is 103 Å². The lowest BCUT2D eigenvalue weighted by Gasteiger charge is -2.29. The number of allylic oxidation sites excluding steroid dienone is 23. The zero-order chi connectivity index (χ0) is 49.9. The van der Waals surface area contributed by atoms with Gasteiger partial charge in [0.2, 0.25) is 5.91 Å². The minimum Gasteiger partial charge on any atom is -0.756 e. The number of phosphoric ester groups is 1. The van der Waals surface area contributed by atoms with Crippen LogP contribution >= 0.6 is 7.82 Å². The fourth-order valence-corrected chi connectivity index (χ4v) is 7.16. The lowest BCUT2D eigenvalue weighted by Crippen LogP contribution is -2.45. The Morgan fingerprint density at radius 2 is 0.912 bits per heavy atom.